The van der Waals surface area contributed by atoms with Gasteiger partial charge in [0.05, 0.1) is 11.2 Å². The first-order chi connectivity index (χ1) is 7.75. The molecule has 0 amide bonds. The van der Waals surface area contributed by atoms with Gasteiger partial charge in [0.15, 0.2) is 0 Å². The normalized spacial score (nSPS) is 21.6. The van der Waals surface area contributed by atoms with Gasteiger partial charge in [-0.2, -0.15) is 11.8 Å². The summed E-state index contributed by atoms with van der Waals surface area (Å²) in [5, 5.41) is 3.57. The molecule has 1 fully saturated rings. The summed E-state index contributed by atoms with van der Waals surface area (Å²) in [7, 11) is 2.19. The highest BCUT2D eigenvalue weighted by atomic mass is 32.2. The van der Waals surface area contributed by atoms with E-state index in [2.05, 4.69) is 40.9 Å². The predicted molar refractivity (Wildman–Crippen MR) is 72.3 cm³/mol. The molecule has 2 heterocycles. The van der Waals surface area contributed by atoms with E-state index in [1.54, 1.807) is 11.3 Å². The first kappa shape index (κ1) is 12.4. The van der Waals surface area contributed by atoms with E-state index < -0.39 is 0 Å². The average Bonchev–Trinajstić information content (AvgIpc) is 2.66. The molecule has 5 heteroatoms. The first-order valence-electron chi connectivity index (χ1n) is 5.64. The largest absolute Gasteiger partial charge is 0.311 e. The quantitative estimate of drug-likeness (QED) is 0.886. The summed E-state index contributed by atoms with van der Waals surface area (Å²) in [6, 6.07) is 0.650. The first-order valence-corrected chi connectivity index (χ1v) is 7.68. The van der Waals surface area contributed by atoms with E-state index in [9.17, 15) is 0 Å². The van der Waals surface area contributed by atoms with Gasteiger partial charge in [-0.3, -0.25) is 4.90 Å². The van der Waals surface area contributed by atoms with Crippen molar-refractivity contribution in [2.75, 3.05) is 31.6 Å². The van der Waals surface area contributed by atoms with Gasteiger partial charge in [-0.15, -0.1) is 11.3 Å². The smallest absolute Gasteiger partial charge is 0.0798 e. The van der Waals surface area contributed by atoms with Crippen LogP contribution in [0, 0.1) is 6.92 Å². The van der Waals surface area contributed by atoms with Crippen molar-refractivity contribution in [2.24, 2.45) is 0 Å². The number of nitrogens with one attached hydrogen (secondary N) is 1. The van der Waals surface area contributed by atoms with Gasteiger partial charge in [-0.25, -0.2) is 4.98 Å². The predicted octanol–water partition coefficient (Wildman–Crippen LogP) is 1.59. The van der Waals surface area contributed by atoms with Gasteiger partial charge in [0.2, 0.25) is 0 Å². The topological polar surface area (TPSA) is 28.2 Å². The third-order valence-electron chi connectivity index (χ3n) is 2.79. The number of thiazole rings is 1. The Balaban J connectivity index is 1.79. The minimum Gasteiger partial charge on any atom is -0.311 e. The molecule has 0 aromatic carbocycles. The second kappa shape index (κ2) is 6.00. The van der Waals surface area contributed by atoms with Crippen molar-refractivity contribution in [1.82, 2.24) is 15.2 Å². The van der Waals surface area contributed by atoms with Crippen LogP contribution in [0.2, 0.25) is 0 Å². The van der Waals surface area contributed by atoms with Crippen LogP contribution >= 0.6 is 23.1 Å². The molecule has 1 aliphatic heterocycles. The fourth-order valence-corrected chi connectivity index (χ4v) is 3.69. The highest BCUT2D eigenvalue weighted by molar-refractivity contribution is 7.99. The minimum atomic E-state index is 0.650. The lowest BCUT2D eigenvalue weighted by Crippen LogP contribution is -2.44. The van der Waals surface area contributed by atoms with E-state index in [0.29, 0.717) is 6.04 Å². The number of aryl methyl sites for hydroxylation is 1. The third kappa shape index (κ3) is 3.45. The Morgan fingerprint density at radius 2 is 2.50 bits per heavy atom. The Hall–Kier alpha value is -0.100. The summed E-state index contributed by atoms with van der Waals surface area (Å²) in [4.78, 5) is 8.08. The number of rotatable bonds is 4. The number of likely N-dealkylation sites (N-methyl/N-ethyl adjacent to an activating group) is 1. The number of thioether (sulfide) groups is 1. The van der Waals surface area contributed by atoms with Crippen molar-refractivity contribution >= 4 is 23.1 Å². The Kier molecular flexibility index (Phi) is 4.64. The molecular formula is C11H19N3S2. The monoisotopic (exact) mass is 257 g/mol. The number of aromatic nitrogens is 1. The minimum absolute atomic E-state index is 0.650. The second-order valence-electron chi connectivity index (χ2n) is 4.28. The van der Waals surface area contributed by atoms with Gasteiger partial charge >= 0.3 is 0 Å². The number of hydrogen-bond donors (Lipinski definition) is 1. The molecule has 2 rings (SSSR count). The van der Waals surface area contributed by atoms with Crippen LogP contribution in [-0.2, 0) is 6.54 Å². The third-order valence-corrected chi connectivity index (χ3v) is 4.84. The lowest BCUT2D eigenvalue weighted by Gasteiger charge is -2.27. The maximum atomic E-state index is 4.29. The lowest BCUT2D eigenvalue weighted by atomic mass is 10.3. The Morgan fingerprint density at radius 1 is 1.62 bits per heavy atom. The van der Waals surface area contributed by atoms with E-state index in [-0.39, 0.29) is 0 Å². The van der Waals surface area contributed by atoms with Crippen LogP contribution in [0.25, 0.3) is 0 Å². The zero-order chi connectivity index (χ0) is 11.4. The molecular weight excluding hydrogens is 238 g/mol. The van der Waals surface area contributed by atoms with Crippen LogP contribution in [0.3, 0.4) is 0 Å². The summed E-state index contributed by atoms with van der Waals surface area (Å²) >= 11 is 3.82. The van der Waals surface area contributed by atoms with Crippen molar-refractivity contribution < 1.29 is 0 Å². The average molecular weight is 257 g/mol. The summed E-state index contributed by atoms with van der Waals surface area (Å²) in [5.41, 5.74) is 3.12. The maximum absolute atomic E-state index is 4.29. The Labute approximate surface area is 106 Å². The van der Waals surface area contributed by atoms with Gasteiger partial charge in [0.1, 0.15) is 0 Å². The molecule has 0 spiro atoms. The van der Waals surface area contributed by atoms with Crippen molar-refractivity contribution in [2.45, 2.75) is 19.5 Å². The second-order valence-corrected chi connectivity index (χ2v) is 6.37. The Morgan fingerprint density at radius 3 is 3.12 bits per heavy atom. The van der Waals surface area contributed by atoms with Crippen LogP contribution in [0.1, 0.15) is 10.6 Å². The van der Waals surface area contributed by atoms with Gasteiger partial charge < -0.3 is 5.32 Å². The molecule has 90 valence electrons. The standard InChI is InChI=1S/C11H19N3S2/c1-9-11(16-8-13-9)6-14(2)5-10-7-15-4-3-12-10/h8,10,12H,3-7H2,1-2H3. The number of hydrogen-bond acceptors (Lipinski definition) is 5. The van der Waals surface area contributed by atoms with E-state index >= 15 is 0 Å². The summed E-state index contributed by atoms with van der Waals surface area (Å²) in [6.45, 7) is 5.40. The highest BCUT2D eigenvalue weighted by Gasteiger charge is 2.15. The van der Waals surface area contributed by atoms with Crippen molar-refractivity contribution in [3.05, 3.63) is 16.1 Å². The fourth-order valence-electron chi connectivity index (χ4n) is 1.90. The van der Waals surface area contributed by atoms with E-state index in [4.69, 9.17) is 0 Å². The molecule has 1 N–H and O–H groups in total. The van der Waals surface area contributed by atoms with Crippen LogP contribution in [0.15, 0.2) is 5.51 Å². The van der Waals surface area contributed by atoms with Crippen LogP contribution in [0.4, 0.5) is 0 Å². The molecule has 1 atom stereocenters. The van der Waals surface area contributed by atoms with Crippen molar-refractivity contribution in [1.29, 1.82) is 0 Å². The molecule has 0 bridgehead atoms. The van der Waals surface area contributed by atoms with Crippen LogP contribution in [-0.4, -0.2) is 47.6 Å². The summed E-state index contributed by atoms with van der Waals surface area (Å²) in [5.74, 6) is 2.50. The molecule has 0 saturated carbocycles. The van der Waals surface area contributed by atoms with Crippen LogP contribution < -0.4 is 5.32 Å². The molecule has 0 aliphatic carbocycles. The molecule has 0 radical (unpaired) electrons. The SMILES string of the molecule is Cc1ncsc1CN(C)CC1CSCCN1. The molecule has 16 heavy (non-hydrogen) atoms. The van der Waals surface area contributed by atoms with Gasteiger partial charge in [0.25, 0.3) is 0 Å². The van der Waals surface area contributed by atoms with E-state index in [1.165, 1.54) is 22.1 Å². The zero-order valence-electron chi connectivity index (χ0n) is 9.90. The molecule has 1 unspecified atom stereocenters. The van der Waals surface area contributed by atoms with Gasteiger partial charge in [-0.1, -0.05) is 0 Å². The molecule has 3 nitrogen and oxygen atoms in total. The van der Waals surface area contributed by atoms with Gasteiger partial charge in [-0.05, 0) is 14.0 Å². The van der Waals surface area contributed by atoms with Crippen molar-refractivity contribution in [3.63, 3.8) is 0 Å². The maximum Gasteiger partial charge on any atom is 0.0798 e. The van der Waals surface area contributed by atoms with Crippen molar-refractivity contribution in [3.8, 4) is 0 Å². The van der Waals surface area contributed by atoms with Gasteiger partial charge in [0, 0.05) is 42.1 Å². The Bertz CT molecular complexity index is 321. The molecule has 1 saturated heterocycles. The fraction of sp³-hybridized carbons (Fsp3) is 0.727. The summed E-state index contributed by atoms with van der Waals surface area (Å²) in [6.07, 6.45) is 0. The van der Waals surface area contributed by atoms with E-state index in [0.717, 1.165) is 19.6 Å². The lowest BCUT2D eigenvalue weighted by molar-refractivity contribution is 0.293. The summed E-state index contributed by atoms with van der Waals surface area (Å²) < 4.78 is 0. The molecule has 1 aromatic rings. The van der Waals surface area contributed by atoms with E-state index in [1.807, 2.05) is 5.51 Å². The zero-order valence-corrected chi connectivity index (χ0v) is 11.5. The highest BCUT2D eigenvalue weighted by Crippen LogP contribution is 2.15. The van der Waals surface area contributed by atoms with Crippen LogP contribution in [0.5, 0.6) is 0 Å². The number of nitrogens with zero attached hydrogens (tertiary/aromatic N) is 2. The molecule has 1 aliphatic rings. The molecule has 1 aromatic heterocycles.